The van der Waals surface area contributed by atoms with E-state index in [0.717, 1.165) is 11.3 Å². The second kappa shape index (κ2) is 4.00. The third kappa shape index (κ3) is 2.07. The van der Waals surface area contributed by atoms with Crippen LogP contribution in [0.1, 0.15) is 51.4 Å². The summed E-state index contributed by atoms with van der Waals surface area (Å²) in [5, 5.41) is 3.33. The molecule has 1 unspecified atom stereocenters. The highest BCUT2D eigenvalue weighted by Gasteiger charge is 2.38. The van der Waals surface area contributed by atoms with E-state index in [-0.39, 0.29) is 0 Å². The lowest BCUT2D eigenvalue weighted by molar-refractivity contribution is 0.189. The van der Waals surface area contributed by atoms with Crippen molar-refractivity contribution in [3.05, 3.63) is 0 Å². The van der Waals surface area contributed by atoms with Crippen molar-refractivity contribution in [2.45, 2.75) is 51.4 Å². The maximum atomic E-state index is 3.33. The number of nitrogens with one attached hydrogen (secondary N) is 1. The summed E-state index contributed by atoms with van der Waals surface area (Å²) < 4.78 is 0. The number of rotatable bonds is 2. The fraction of sp³-hybridized carbons (Fsp3) is 1.00. The quantitative estimate of drug-likeness (QED) is 0.690. The Kier molecular flexibility index (Phi) is 2.92. The van der Waals surface area contributed by atoms with Crippen molar-refractivity contribution < 1.29 is 0 Å². The molecule has 0 aromatic rings. The Bertz CT molecular complexity index is 159. The Hall–Kier alpha value is -0.0400. The average molecular weight is 181 g/mol. The predicted molar refractivity (Wildman–Crippen MR) is 56.8 cm³/mol. The van der Waals surface area contributed by atoms with E-state index in [2.05, 4.69) is 12.4 Å². The summed E-state index contributed by atoms with van der Waals surface area (Å²) in [5.74, 6) is 0.989. The Morgan fingerprint density at radius 3 is 2.62 bits per heavy atom. The Morgan fingerprint density at radius 2 is 1.92 bits per heavy atom. The molecule has 1 N–H and O–H groups in total. The van der Waals surface area contributed by atoms with Gasteiger partial charge in [0.1, 0.15) is 0 Å². The summed E-state index contributed by atoms with van der Waals surface area (Å²) in [6.45, 7) is 1.25. The molecule has 1 atom stereocenters. The Balaban J connectivity index is 1.87. The molecule has 2 aliphatic carbocycles. The van der Waals surface area contributed by atoms with Gasteiger partial charge in [-0.15, -0.1) is 0 Å². The minimum absolute atomic E-state index is 0.805. The van der Waals surface area contributed by atoms with Gasteiger partial charge in [0, 0.05) is 0 Å². The van der Waals surface area contributed by atoms with Crippen LogP contribution in [0.15, 0.2) is 0 Å². The minimum atomic E-state index is 0.805. The van der Waals surface area contributed by atoms with E-state index in [1.807, 2.05) is 0 Å². The van der Waals surface area contributed by atoms with Crippen LogP contribution in [0.4, 0.5) is 0 Å². The zero-order valence-electron chi connectivity index (χ0n) is 8.94. The van der Waals surface area contributed by atoms with E-state index in [9.17, 15) is 0 Å². The van der Waals surface area contributed by atoms with Crippen molar-refractivity contribution in [3.8, 4) is 0 Å². The van der Waals surface area contributed by atoms with Crippen LogP contribution in [0, 0.1) is 11.3 Å². The largest absolute Gasteiger partial charge is 0.319 e. The molecular weight excluding hydrogens is 158 g/mol. The molecule has 0 bridgehead atoms. The summed E-state index contributed by atoms with van der Waals surface area (Å²) >= 11 is 0. The molecule has 2 aliphatic rings. The first kappa shape index (κ1) is 9.51. The number of hydrogen-bond acceptors (Lipinski definition) is 1. The van der Waals surface area contributed by atoms with Gasteiger partial charge in [-0.05, 0) is 57.0 Å². The van der Waals surface area contributed by atoms with Gasteiger partial charge in [0.25, 0.3) is 0 Å². The van der Waals surface area contributed by atoms with E-state index in [1.165, 1.54) is 57.9 Å². The molecule has 2 fully saturated rings. The van der Waals surface area contributed by atoms with Crippen molar-refractivity contribution in [2.75, 3.05) is 13.6 Å². The molecule has 13 heavy (non-hydrogen) atoms. The van der Waals surface area contributed by atoms with Gasteiger partial charge in [-0.3, -0.25) is 0 Å². The SMILES string of the molecule is CNCC1CCC2(CCCCC2)C1. The lowest BCUT2D eigenvalue weighted by Crippen LogP contribution is -2.23. The molecule has 1 heteroatoms. The summed E-state index contributed by atoms with van der Waals surface area (Å²) in [6, 6.07) is 0. The molecule has 0 aromatic heterocycles. The summed E-state index contributed by atoms with van der Waals surface area (Å²) in [4.78, 5) is 0. The predicted octanol–water partition coefficient (Wildman–Crippen LogP) is 2.96. The molecule has 1 nitrogen and oxygen atoms in total. The summed E-state index contributed by atoms with van der Waals surface area (Å²) in [5.41, 5.74) is 0.805. The molecule has 0 heterocycles. The highest BCUT2D eigenvalue weighted by atomic mass is 14.8. The van der Waals surface area contributed by atoms with Crippen LogP contribution in [0.25, 0.3) is 0 Å². The molecule has 0 aliphatic heterocycles. The van der Waals surface area contributed by atoms with Crippen LogP contribution in [0.3, 0.4) is 0 Å². The lowest BCUT2D eigenvalue weighted by atomic mass is 9.72. The van der Waals surface area contributed by atoms with Gasteiger partial charge in [-0.2, -0.15) is 0 Å². The summed E-state index contributed by atoms with van der Waals surface area (Å²) in [6.07, 6.45) is 12.1. The standard InChI is InChI=1S/C12H23N/c1-13-10-11-5-8-12(9-11)6-3-2-4-7-12/h11,13H,2-10H2,1H3. The van der Waals surface area contributed by atoms with Gasteiger partial charge in [-0.1, -0.05) is 19.3 Å². The molecule has 76 valence electrons. The molecule has 0 amide bonds. The van der Waals surface area contributed by atoms with Crippen molar-refractivity contribution >= 4 is 0 Å². The molecule has 1 spiro atoms. The van der Waals surface area contributed by atoms with Crippen LogP contribution < -0.4 is 5.32 Å². The zero-order chi connectivity index (χ0) is 9.15. The van der Waals surface area contributed by atoms with Gasteiger partial charge in [0.15, 0.2) is 0 Å². The molecular formula is C12H23N. The fourth-order valence-electron chi connectivity index (χ4n) is 3.55. The van der Waals surface area contributed by atoms with Crippen LogP contribution in [-0.4, -0.2) is 13.6 Å². The second-order valence-corrected chi connectivity index (χ2v) is 5.23. The van der Waals surface area contributed by atoms with E-state index in [4.69, 9.17) is 0 Å². The van der Waals surface area contributed by atoms with Gasteiger partial charge >= 0.3 is 0 Å². The van der Waals surface area contributed by atoms with Crippen molar-refractivity contribution in [1.82, 2.24) is 5.32 Å². The maximum absolute atomic E-state index is 3.33. The third-order valence-corrected chi connectivity index (χ3v) is 4.21. The topological polar surface area (TPSA) is 12.0 Å². The third-order valence-electron chi connectivity index (χ3n) is 4.21. The van der Waals surface area contributed by atoms with E-state index >= 15 is 0 Å². The fourth-order valence-corrected chi connectivity index (χ4v) is 3.55. The van der Waals surface area contributed by atoms with Crippen molar-refractivity contribution in [2.24, 2.45) is 11.3 Å². The highest BCUT2D eigenvalue weighted by molar-refractivity contribution is 4.91. The molecule has 0 aromatic carbocycles. The Labute approximate surface area is 82.3 Å². The zero-order valence-corrected chi connectivity index (χ0v) is 8.94. The van der Waals surface area contributed by atoms with Gasteiger partial charge in [0.2, 0.25) is 0 Å². The van der Waals surface area contributed by atoms with Crippen LogP contribution >= 0.6 is 0 Å². The molecule has 2 saturated carbocycles. The number of hydrogen-bond donors (Lipinski definition) is 1. The average Bonchev–Trinajstić information content (AvgIpc) is 2.51. The van der Waals surface area contributed by atoms with E-state index < -0.39 is 0 Å². The normalized spacial score (nSPS) is 32.5. The Morgan fingerprint density at radius 1 is 1.15 bits per heavy atom. The van der Waals surface area contributed by atoms with Crippen molar-refractivity contribution in [3.63, 3.8) is 0 Å². The first-order valence-electron chi connectivity index (χ1n) is 5.99. The maximum Gasteiger partial charge on any atom is -0.00233 e. The summed E-state index contributed by atoms with van der Waals surface area (Å²) in [7, 11) is 2.09. The van der Waals surface area contributed by atoms with E-state index in [1.54, 1.807) is 0 Å². The van der Waals surface area contributed by atoms with Crippen LogP contribution in [0.2, 0.25) is 0 Å². The lowest BCUT2D eigenvalue weighted by Gasteiger charge is -2.33. The van der Waals surface area contributed by atoms with E-state index in [0.29, 0.717) is 0 Å². The highest BCUT2D eigenvalue weighted by Crippen LogP contribution is 2.50. The second-order valence-electron chi connectivity index (χ2n) is 5.23. The van der Waals surface area contributed by atoms with Gasteiger partial charge in [-0.25, -0.2) is 0 Å². The molecule has 2 rings (SSSR count). The van der Waals surface area contributed by atoms with Crippen LogP contribution in [0.5, 0.6) is 0 Å². The van der Waals surface area contributed by atoms with Crippen molar-refractivity contribution in [1.29, 1.82) is 0 Å². The minimum Gasteiger partial charge on any atom is -0.319 e. The first-order valence-corrected chi connectivity index (χ1v) is 5.99. The van der Waals surface area contributed by atoms with Gasteiger partial charge in [0.05, 0.1) is 0 Å². The molecule has 0 saturated heterocycles. The van der Waals surface area contributed by atoms with Gasteiger partial charge < -0.3 is 5.32 Å². The van der Waals surface area contributed by atoms with Crippen LogP contribution in [-0.2, 0) is 0 Å². The monoisotopic (exact) mass is 181 g/mol. The smallest absolute Gasteiger partial charge is 0.00233 e. The first-order chi connectivity index (χ1) is 6.35. The molecule has 0 radical (unpaired) electrons.